The average molecular weight is 257 g/mol. The highest BCUT2D eigenvalue weighted by atomic mass is 16.3. The topological polar surface area (TPSA) is 58.4 Å². The van der Waals surface area contributed by atoms with E-state index < -0.39 is 0 Å². The molecule has 0 amide bonds. The second-order valence-corrected chi connectivity index (χ2v) is 4.63. The van der Waals surface area contributed by atoms with E-state index >= 15 is 0 Å². The summed E-state index contributed by atoms with van der Waals surface area (Å²) >= 11 is 0. The standard InChI is InChI=1S/C14H15N3O2/c18-12-10-15-17(11-6-2-1-3-7-11)14(19)13(12)16-8-4-5-9-16/h1-3,6-7,10,18H,4-5,8-9H2. The molecule has 1 aromatic heterocycles. The Morgan fingerprint density at radius 3 is 2.47 bits per heavy atom. The summed E-state index contributed by atoms with van der Waals surface area (Å²) in [5, 5.41) is 13.9. The van der Waals surface area contributed by atoms with Crippen LogP contribution in [0.2, 0.25) is 0 Å². The molecule has 19 heavy (non-hydrogen) atoms. The molecule has 1 aliphatic heterocycles. The van der Waals surface area contributed by atoms with Gasteiger partial charge in [0.05, 0.1) is 11.9 Å². The molecule has 3 rings (SSSR count). The highest BCUT2D eigenvalue weighted by Crippen LogP contribution is 2.25. The van der Waals surface area contributed by atoms with Gasteiger partial charge in [0, 0.05) is 13.1 Å². The highest BCUT2D eigenvalue weighted by molar-refractivity contribution is 5.56. The van der Waals surface area contributed by atoms with E-state index in [1.807, 2.05) is 35.2 Å². The lowest BCUT2D eigenvalue weighted by molar-refractivity contribution is 0.466. The summed E-state index contributed by atoms with van der Waals surface area (Å²) in [6.45, 7) is 1.61. The molecule has 0 bridgehead atoms. The predicted octanol–water partition coefficient (Wildman–Crippen LogP) is 1.54. The van der Waals surface area contributed by atoms with Crippen molar-refractivity contribution in [2.24, 2.45) is 0 Å². The largest absolute Gasteiger partial charge is 0.504 e. The van der Waals surface area contributed by atoms with Crippen LogP contribution in [0.3, 0.4) is 0 Å². The minimum Gasteiger partial charge on any atom is -0.504 e. The van der Waals surface area contributed by atoms with Crippen molar-refractivity contribution in [1.82, 2.24) is 9.78 Å². The molecule has 0 radical (unpaired) electrons. The molecule has 1 aromatic carbocycles. The van der Waals surface area contributed by atoms with Crippen molar-refractivity contribution in [2.45, 2.75) is 12.8 Å². The third-order valence-corrected chi connectivity index (χ3v) is 3.36. The van der Waals surface area contributed by atoms with Crippen LogP contribution in [0.25, 0.3) is 5.69 Å². The van der Waals surface area contributed by atoms with Crippen LogP contribution in [0.4, 0.5) is 5.69 Å². The molecular formula is C14H15N3O2. The van der Waals surface area contributed by atoms with Gasteiger partial charge in [0.2, 0.25) is 0 Å². The lowest BCUT2D eigenvalue weighted by atomic mass is 10.3. The minimum absolute atomic E-state index is 0.0425. The Bertz CT molecular complexity index is 631. The fourth-order valence-electron chi connectivity index (χ4n) is 2.43. The van der Waals surface area contributed by atoms with Crippen LogP contribution in [-0.2, 0) is 0 Å². The van der Waals surface area contributed by atoms with E-state index in [1.165, 1.54) is 10.9 Å². The number of aromatic nitrogens is 2. The molecule has 0 atom stereocenters. The third-order valence-electron chi connectivity index (χ3n) is 3.36. The van der Waals surface area contributed by atoms with Gasteiger partial charge in [-0.3, -0.25) is 4.79 Å². The molecule has 0 saturated carbocycles. The van der Waals surface area contributed by atoms with Crippen molar-refractivity contribution in [3.05, 3.63) is 46.9 Å². The first kappa shape index (κ1) is 11.8. The van der Waals surface area contributed by atoms with Gasteiger partial charge in [0.15, 0.2) is 5.75 Å². The SMILES string of the molecule is O=c1c(N2CCCC2)c(O)cnn1-c1ccccc1. The Morgan fingerprint density at radius 2 is 1.79 bits per heavy atom. The Morgan fingerprint density at radius 1 is 1.11 bits per heavy atom. The van der Waals surface area contributed by atoms with Gasteiger partial charge >= 0.3 is 0 Å². The predicted molar refractivity (Wildman–Crippen MR) is 72.9 cm³/mol. The maximum Gasteiger partial charge on any atom is 0.298 e. The van der Waals surface area contributed by atoms with E-state index in [-0.39, 0.29) is 11.3 Å². The first-order valence-electron chi connectivity index (χ1n) is 6.39. The molecular weight excluding hydrogens is 242 g/mol. The van der Waals surface area contributed by atoms with Gasteiger partial charge in [-0.15, -0.1) is 0 Å². The van der Waals surface area contributed by atoms with Crippen LogP contribution in [0.15, 0.2) is 41.3 Å². The van der Waals surface area contributed by atoms with Crippen LogP contribution >= 0.6 is 0 Å². The van der Waals surface area contributed by atoms with Gasteiger partial charge in [0.25, 0.3) is 5.56 Å². The Hall–Kier alpha value is -2.30. The summed E-state index contributed by atoms with van der Waals surface area (Å²) in [7, 11) is 0. The van der Waals surface area contributed by atoms with Crippen LogP contribution < -0.4 is 10.5 Å². The zero-order chi connectivity index (χ0) is 13.2. The van der Waals surface area contributed by atoms with E-state index in [9.17, 15) is 9.90 Å². The normalized spacial score (nSPS) is 14.8. The minimum atomic E-state index is -0.270. The van der Waals surface area contributed by atoms with Crippen LogP contribution in [0.5, 0.6) is 5.75 Å². The van der Waals surface area contributed by atoms with Crippen molar-refractivity contribution < 1.29 is 5.11 Å². The fourth-order valence-corrected chi connectivity index (χ4v) is 2.43. The Kier molecular flexibility index (Phi) is 2.95. The van der Waals surface area contributed by atoms with Crippen molar-refractivity contribution in [1.29, 1.82) is 0 Å². The van der Waals surface area contributed by atoms with Gasteiger partial charge < -0.3 is 10.0 Å². The Labute approximate surface area is 110 Å². The zero-order valence-electron chi connectivity index (χ0n) is 10.5. The molecule has 5 nitrogen and oxygen atoms in total. The van der Waals surface area contributed by atoms with Crippen LogP contribution in [0, 0.1) is 0 Å². The Balaban J connectivity index is 2.13. The fraction of sp³-hybridized carbons (Fsp3) is 0.286. The molecule has 0 spiro atoms. The quantitative estimate of drug-likeness (QED) is 0.886. The van der Waals surface area contributed by atoms with Gasteiger partial charge in [-0.2, -0.15) is 9.78 Å². The lowest BCUT2D eigenvalue weighted by Crippen LogP contribution is -2.30. The summed E-state index contributed by atoms with van der Waals surface area (Å²) in [6, 6.07) is 9.23. The number of anilines is 1. The van der Waals surface area contributed by atoms with E-state index in [0.717, 1.165) is 25.9 Å². The van der Waals surface area contributed by atoms with Crippen LogP contribution in [-0.4, -0.2) is 28.0 Å². The maximum atomic E-state index is 12.5. The lowest BCUT2D eigenvalue weighted by Gasteiger charge is -2.18. The summed E-state index contributed by atoms with van der Waals surface area (Å²) in [6.07, 6.45) is 3.43. The number of aromatic hydroxyl groups is 1. The molecule has 1 N–H and O–H groups in total. The highest BCUT2D eigenvalue weighted by Gasteiger charge is 2.21. The molecule has 5 heteroatoms. The number of hydrogen-bond acceptors (Lipinski definition) is 4. The summed E-state index contributed by atoms with van der Waals surface area (Å²) in [5.74, 6) is -0.0425. The molecule has 0 unspecified atom stereocenters. The molecule has 1 saturated heterocycles. The van der Waals surface area contributed by atoms with Crippen LogP contribution in [0.1, 0.15) is 12.8 Å². The van der Waals surface area contributed by atoms with E-state index in [0.29, 0.717) is 11.4 Å². The van der Waals surface area contributed by atoms with E-state index in [2.05, 4.69) is 5.10 Å². The van der Waals surface area contributed by atoms with Gasteiger partial charge in [0.1, 0.15) is 5.69 Å². The number of hydrogen-bond donors (Lipinski definition) is 1. The zero-order valence-corrected chi connectivity index (χ0v) is 10.5. The van der Waals surface area contributed by atoms with Gasteiger partial charge in [-0.05, 0) is 25.0 Å². The average Bonchev–Trinajstić information content (AvgIpc) is 2.94. The second kappa shape index (κ2) is 4.76. The molecule has 2 aromatic rings. The molecule has 1 fully saturated rings. The van der Waals surface area contributed by atoms with E-state index in [4.69, 9.17) is 0 Å². The van der Waals surface area contributed by atoms with Crippen molar-refractivity contribution in [3.8, 4) is 11.4 Å². The smallest absolute Gasteiger partial charge is 0.298 e. The van der Waals surface area contributed by atoms with Crippen molar-refractivity contribution in [2.75, 3.05) is 18.0 Å². The maximum absolute atomic E-state index is 12.5. The van der Waals surface area contributed by atoms with E-state index in [1.54, 1.807) is 0 Å². The summed E-state index contributed by atoms with van der Waals surface area (Å²) in [4.78, 5) is 14.4. The second-order valence-electron chi connectivity index (χ2n) is 4.63. The third kappa shape index (κ3) is 2.07. The molecule has 0 aliphatic carbocycles. The number of rotatable bonds is 2. The van der Waals surface area contributed by atoms with Gasteiger partial charge in [-0.25, -0.2) is 0 Å². The van der Waals surface area contributed by atoms with Gasteiger partial charge in [-0.1, -0.05) is 18.2 Å². The van der Waals surface area contributed by atoms with Crippen molar-refractivity contribution >= 4 is 5.69 Å². The number of nitrogens with zero attached hydrogens (tertiary/aromatic N) is 3. The van der Waals surface area contributed by atoms with Crippen molar-refractivity contribution in [3.63, 3.8) is 0 Å². The molecule has 2 heterocycles. The number of benzene rings is 1. The summed E-state index contributed by atoms with van der Waals surface area (Å²) < 4.78 is 1.33. The molecule has 98 valence electrons. The monoisotopic (exact) mass is 257 g/mol. The first-order valence-corrected chi connectivity index (χ1v) is 6.39. The number of para-hydroxylation sites is 1. The molecule has 1 aliphatic rings. The summed E-state index contributed by atoms with van der Waals surface area (Å²) in [5.41, 5.74) is 0.789. The first-order chi connectivity index (χ1) is 9.27.